The summed E-state index contributed by atoms with van der Waals surface area (Å²) in [5, 5.41) is 4.16. The smallest absolute Gasteiger partial charge is 0.145 e. The fourth-order valence-electron chi connectivity index (χ4n) is 2.15. The van der Waals surface area contributed by atoms with E-state index < -0.39 is 0 Å². The summed E-state index contributed by atoms with van der Waals surface area (Å²) in [5.41, 5.74) is 1.91. The van der Waals surface area contributed by atoms with Gasteiger partial charge in [0.25, 0.3) is 0 Å². The standard InChI is InChI=1S/C17H17N3O/c1-12(18-2)15-9-8-13(11-20-15)21-17-7-3-6-16-14(17)5-4-10-19-16/h3-12,18H,1-2H3. The number of nitrogens with one attached hydrogen (secondary N) is 1. The minimum absolute atomic E-state index is 0.223. The van der Waals surface area contributed by atoms with Crippen LogP contribution in [0.25, 0.3) is 10.9 Å². The van der Waals surface area contributed by atoms with Gasteiger partial charge in [-0.3, -0.25) is 9.97 Å². The average Bonchev–Trinajstić information content (AvgIpc) is 2.55. The molecule has 1 aromatic carbocycles. The van der Waals surface area contributed by atoms with Crippen molar-refractivity contribution in [1.82, 2.24) is 15.3 Å². The fraction of sp³-hybridized carbons (Fsp3) is 0.176. The molecule has 2 aromatic heterocycles. The molecule has 4 heteroatoms. The summed E-state index contributed by atoms with van der Waals surface area (Å²) >= 11 is 0. The summed E-state index contributed by atoms with van der Waals surface area (Å²) in [6.07, 6.45) is 3.53. The molecule has 0 fully saturated rings. The largest absolute Gasteiger partial charge is 0.455 e. The molecular weight excluding hydrogens is 262 g/mol. The summed E-state index contributed by atoms with van der Waals surface area (Å²) in [4.78, 5) is 8.75. The molecule has 0 aliphatic heterocycles. The van der Waals surface area contributed by atoms with Gasteiger partial charge in [0.15, 0.2) is 0 Å². The number of benzene rings is 1. The number of rotatable bonds is 4. The zero-order chi connectivity index (χ0) is 14.7. The van der Waals surface area contributed by atoms with Gasteiger partial charge >= 0.3 is 0 Å². The second-order valence-electron chi connectivity index (χ2n) is 4.86. The molecule has 0 aliphatic rings. The van der Waals surface area contributed by atoms with Crippen molar-refractivity contribution in [2.45, 2.75) is 13.0 Å². The molecule has 3 rings (SSSR count). The Bertz CT molecular complexity index is 735. The van der Waals surface area contributed by atoms with Gasteiger partial charge < -0.3 is 10.1 Å². The second-order valence-corrected chi connectivity index (χ2v) is 4.86. The van der Waals surface area contributed by atoms with Crippen LogP contribution < -0.4 is 10.1 Å². The minimum atomic E-state index is 0.223. The van der Waals surface area contributed by atoms with Crippen molar-refractivity contribution in [1.29, 1.82) is 0 Å². The van der Waals surface area contributed by atoms with Crippen LogP contribution in [0.3, 0.4) is 0 Å². The van der Waals surface area contributed by atoms with Crippen LogP contribution in [0.5, 0.6) is 11.5 Å². The van der Waals surface area contributed by atoms with Crippen LogP contribution in [-0.4, -0.2) is 17.0 Å². The Labute approximate surface area is 123 Å². The third-order valence-corrected chi connectivity index (χ3v) is 3.47. The first kappa shape index (κ1) is 13.5. The molecule has 0 spiro atoms. The van der Waals surface area contributed by atoms with Crippen molar-refractivity contribution < 1.29 is 4.74 Å². The molecule has 0 bridgehead atoms. The monoisotopic (exact) mass is 279 g/mol. The Morgan fingerprint density at radius 2 is 1.95 bits per heavy atom. The third kappa shape index (κ3) is 2.85. The van der Waals surface area contributed by atoms with Gasteiger partial charge in [-0.1, -0.05) is 6.07 Å². The number of fused-ring (bicyclic) bond motifs is 1. The maximum atomic E-state index is 5.94. The van der Waals surface area contributed by atoms with Crippen LogP contribution in [0, 0.1) is 0 Å². The van der Waals surface area contributed by atoms with E-state index in [4.69, 9.17) is 4.74 Å². The van der Waals surface area contributed by atoms with E-state index in [-0.39, 0.29) is 6.04 Å². The molecule has 0 aliphatic carbocycles. The van der Waals surface area contributed by atoms with E-state index in [9.17, 15) is 0 Å². The Kier molecular flexibility index (Phi) is 3.79. The van der Waals surface area contributed by atoms with Crippen LogP contribution in [0.2, 0.25) is 0 Å². The Balaban J connectivity index is 1.88. The highest BCUT2D eigenvalue weighted by molar-refractivity contribution is 5.85. The molecule has 106 valence electrons. The van der Waals surface area contributed by atoms with Gasteiger partial charge in [-0.05, 0) is 50.4 Å². The summed E-state index contributed by atoms with van der Waals surface area (Å²) in [5.74, 6) is 1.51. The zero-order valence-corrected chi connectivity index (χ0v) is 12.1. The van der Waals surface area contributed by atoms with Crippen molar-refractivity contribution in [2.24, 2.45) is 0 Å². The van der Waals surface area contributed by atoms with Gasteiger partial charge in [-0.15, -0.1) is 0 Å². The second kappa shape index (κ2) is 5.89. The number of pyridine rings is 2. The number of nitrogens with zero attached hydrogens (tertiary/aromatic N) is 2. The molecule has 21 heavy (non-hydrogen) atoms. The molecule has 2 heterocycles. The maximum Gasteiger partial charge on any atom is 0.145 e. The fourth-order valence-corrected chi connectivity index (χ4v) is 2.15. The van der Waals surface area contributed by atoms with Crippen LogP contribution in [0.4, 0.5) is 0 Å². The summed E-state index contributed by atoms with van der Waals surface area (Å²) < 4.78 is 5.94. The Hall–Kier alpha value is -2.46. The molecule has 4 nitrogen and oxygen atoms in total. The highest BCUT2D eigenvalue weighted by atomic mass is 16.5. The van der Waals surface area contributed by atoms with Crippen LogP contribution >= 0.6 is 0 Å². The van der Waals surface area contributed by atoms with E-state index in [1.54, 1.807) is 12.4 Å². The summed E-state index contributed by atoms with van der Waals surface area (Å²) in [6.45, 7) is 2.07. The summed E-state index contributed by atoms with van der Waals surface area (Å²) in [6, 6.07) is 13.9. The molecular formula is C17H17N3O. The van der Waals surface area contributed by atoms with E-state index in [1.165, 1.54) is 0 Å². The Morgan fingerprint density at radius 3 is 2.71 bits per heavy atom. The first-order chi connectivity index (χ1) is 10.3. The van der Waals surface area contributed by atoms with Crippen molar-refractivity contribution >= 4 is 10.9 Å². The highest BCUT2D eigenvalue weighted by Gasteiger charge is 2.06. The molecule has 0 radical (unpaired) electrons. The van der Waals surface area contributed by atoms with E-state index in [0.29, 0.717) is 0 Å². The van der Waals surface area contributed by atoms with Gasteiger partial charge in [0.2, 0.25) is 0 Å². The SMILES string of the molecule is CNC(C)c1ccc(Oc2cccc3ncccc23)cn1. The first-order valence-corrected chi connectivity index (χ1v) is 6.93. The molecule has 1 atom stereocenters. The average molecular weight is 279 g/mol. The molecule has 0 amide bonds. The minimum Gasteiger partial charge on any atom is -0.455 e. The predicted octanol–water partition coefficient (Wildman–Crippen LogP) is 3.70. The lowest BCUT2D eigenvalue weighted by atomic mass is 10.2. The molecule has 0 saturated carbocycles. The topological polar surface area (TPSA) is 47.0 Å². The van der Waals surface area contributed by atoms with Crippen molar-refractivity contribution in [2.75, 3.05) is 7.05 Å². The normalized spacial score (nSPS) is 12.3. The first-order valence-electron chi connectivity index (χ1n) is 6.93. The van der Waals surface area contributed by atoms with Crippen molar-refractivity contribution in [3.05, 3.63) is 60.6 Å². The molecule has 1 unspecified atom stereocenters. The van der Waals surface area contributed by atoms with Gasteiger partial charge in [-0.25, -0.2) is 0 Å². The zero-order valence-electron chi connectivity index (χ0n) is 12.1. The maximum absolute atomic E-state index is 5.94. The van der Waals surface area contributed by atoms with Gasteiger partial charge in [0, 0.05) is 17.6 Å². The van der Waals surface area contributed by atoms with E-state index in [2.05, 4.69) is 22.2 Å². The lowest BCUT2D eigenvalue weighted by Crippen LogP contribution is -2.13. The van der Waals surface area contributed by atoms with Crippen molar-refractivity contribution in [3.63, 3.8) is 0 Å². The lowest BCUT2D eigenvalue weighted by Gasteiger charge is -2.11. The van der Waals surface area contributed by atoms with E-state index >= 15 is 0 Å². The quantitative estimate of drug-likeness (QED) is 0.791. The predicted molar refractivity (Wildman–Crippen MR) is 83.5 cm³/mol. The van der Waals surface area contributed by atoms with E-state index in [1.807, 2.05) is 49.5 Å². The van der Waals surface area contributed by atoms with Crippen LogP contribution in [0.15, 0.2) is 54.9 Å². The van der Waals surface area contributed by atoms with E-state index in [0.717, 1.165) is 28.1 Å². The number of ether oxygens (including phenoxy) is 1. The molecule has 0 saturated heterocycles. The number of aromatic nitrogens is 2. The van der Waals surface area contributed by atoms with Gasteiger partial charge in [0.05, 0.1) is 17.4 Å². The van der Waals surface area contributed by atoms with Crippen LogP contribution in [0.1, 0.15) is 18.7 Å². The third-order valence-electron chi connectivity index (χ3n) is 3.47. The van der Waals surface area contributed by atoms with Gasteiger partial charge in [0.1, 0.15) is 11.5 Å². The lowest BCUT2D eigenvalue weighted by molar-refractivity contribution is 0.484. The Morgan fingerprint density at radius 1 is 1.05 bits per heavy atom. The van der Waals surface area contributed by atoms with Gasteiger partial charge in [-0.2, -0.15) is 0 Å². The molecule has 3 aromatic rings. The summed E-state index contributed by atoms with van der Waals surface area (Å²) in [7, 11) is 1.92. The van der Waals surface area contributed by atoms with Crippen LogP contribution in [-0.2, 0) is 0 Å². The molecule has 1 N–H and O–H groups in total. The number of hydrogen-bond acceptors (Lipinski definition) is 4. The number of hydrogen-bond donors (Lipinski definition) is 1. The highest BCUT2D eigenvalue weighted by Crippen LogP contribution is 2.28. The van der Waals surface area contributed by atoms with Crippen molar-refractivity contribution in [3.8, 4) is 11.5 Å².